The molecule has 0 aliphatic rings. The molecule has 0 heterocycles. The van der Waals surface area contributed by atoms with Crippen molar-refractivity contribution in [1.82, 2.24) is 5.32 Å². The van der Waals surface area contributed by atoms with E-state index in [1.807, 2.05) is 25.1 Å². The summed E-state index contributed by atoms with van der Waals surface area (Å²) < 4.78 is 18.1. The van der Waals surface area contributed by atoms with Crippen molar-refractivity contribution in [3.05, 3.63) is 59.4 Å². The first-order valence-corrected chi connectivity index (χ1v) is 7.43. The summed E-state index contributed by atoms with van der Waals surface area (Å²) in [6.07, 6.45) is 0.771. The zero-order valence-electron chi connectivity index (χ0n) is 12.7. The summed E-state index contributed by atoms with van der Waals surface area (Å²) in [5.41, 5.74) is 3.02. The molecule has 0 unspecified atom stereocenters. The van der Waals surface area contributed by atoms with Crippen LogP contribution in [-0.2, 0) is 6.42 Å². The van der Waals surface area contributed by atoms with Crippen molar-refractivity contribution in [2.24, 2.45) is 0 Å². The van der Waals surface area contributed by atoms with Gasteiger partial charge in [-0.3, -0.25) is 0 Å². The number of methoxy groups -OCH3 is 1. The lowest BCUT2D eigenvalue weighted by atomic mass is 10.1. The summed E-state index contributed by atoms with van der Waals surface area (Å²) in [7, 11) is 1.63. The van der Waals surface area contributed by atoms with E-state index in [2.05, 4.69) is 10.6 Å². The monoisotopic (exact) mass is 318 g/mol. The van der Waals surface area contributed by atoms with E-state index in [9.17, 15) is 4.39 Å². The van der Waals surface area contributed by atoms with Gasteiger partial charge in [0.15, 0.2) is 5.11 Å². The molecule has 0 spiro atoms. The van der Waals surface area contributed by atoms with Crippen LogP contribution in [0.2, 0.25) is 0 Å². The Labute approximate surface area is 135 Å². The maximum atomic E-state index is 12.8. The Bertz CT molecular complexity index is 644. The average Bonchev–Trinajstić information content (AvgIpc) is 2.49. The van der Waals surface area contributed by atoms with Crippen molar-refractivity contribution in [2.45, 2.75) is 13.3 Å². The molecular formula is C17H19FN2OS. The van der Waals surface area contributed by atoms with E-state index in [1.165, 1.54) is 12.1 Å². The van der Waals surface area contributed by atoms with Crippen LogP contribution in [0.15, 0.2) is 42.5 Å². The van der Waals surface area contributed by atoms with Crippen molar-refractivity contribution >= 4 is 23.0 Å². The minimum absolute atomic E-state index is 0.222. The second-order valence-corrected chi connectivity index (χ2v) is 5.37. The summed E-state index contributed by atoms with van der Waals surface area (Å²) in [4.78, 5) is 0. The zero-order chi connectivity index (χ0) is 15.9. The van der Waals surface area contributed by atoms with E-state index in [4.69, 9.17) is 17.0 Å². The third kappa shape index (κ3) is 4.70. The highest BCUT2D eigenvalue weighted by molar-refractivity contribution is 7.80. The molecule has 2 N–H and O–H groups in total. The summed E-state index contributed by atoms with van der Waals surface area (Å²) in [5.74, 6) is 0.522. The summed E-state index contributed by atoms with van der Waals surface area (Å²) in [5, 5.41) is 6.80. The number of ether oxygens (including phenoxy) is 1. The fraction of sp³-hybridized carbons (Fsp3) is 0.235. The molecule has 2 aromatic carbocycles. The Morgan fingerprint density at radius 1 is 1.18 bits per heavy atom. The Morgan fingerprint density at radius 2 is 1.91 bits per heavy atom. The lowest BCUT2D eigenvalue weighted by Crippen LogP contribution is -2.30. The predicted molar refractivity (Wildman–Crippen MR) is 92.1 cm³/mol. The van der Waals surface area contributed by atoms with Gasteiger partial charge in [-0.2, -0.15) is 0 Å². The van der Waals surface area contributed by atoms with E-state index in [0.717, 1.165) is 29.0 Å². The smallest absolute Gasteiger partial charge is 0.170 e. The van der Waals surface area contributed by atoms with Crippen LogP contribution in [0.3, 0.4) is 0 Å². The first-order chi connectivity index (χ1) is 10.6. The van der Waals surface area contributed by atoms with Crippen molar-refractivity contribution < 1.29 is 9.13 Å². The van der Waals surface area contributed by atoms with Gasteiger partial charge in [-0.1, -0.05) is 18.2 Å². The van der Waals surface area contributed by atoms with Crippen molar-refractivity contribution in [3.63, 3.8) is 0 Å². The number of hydrogen-bond donors (Lipinski definition) is 2. The number of aryl methyl sites for hydroxylation is 1. The topological polar surface area (TPSA) is 33.3 Å². The molecule has 0 aliphatic carbocycles. The molecule has 0 saturated heterocycles. The third-order valence-electron chi connectivity index (χ3n) is 3.22. The minimum Gasteiger partial charge on any atom is -0.495 e. The van der Waals surface area contributed by atoms with E-state index in [0.29, 0.717) is 11.7 Å². The quantitative estimate of drug-likeness (QED) is 0.824. The van der Waals surface area contributed by atoms with Crippen molar-refractivity contribution in [2.75, 3.05) is 19.0 Å². The van der Waals surface area contributed by atoms with Gasteiger partial charge >= 0.3 is 0 Å². The molecule has 0 amide bonds. The molecule has 0 atom stereocenters. The lowest BCUT2D eigenvalue weighted by Gasteiger charge is -2.14. The van der Waals surface area contributed by atoms with Crippen LogP contribution in [0, 0.1) is 12.7 Å². The van der Waals surface area contributed by atoms with Crippen LogP contribution < -0.4 is 15.4 Å². The maximum Gasteiger partial charge on any atom is 0.170 e. The zero-order valence-corrected chi connectivity index (χ0v) is 13.5. The molecule has 5 heteroatoms. The van der Waals surface area contributed by atoms with Crippen LogP contribution in [-0.4, -0.2) is 18.8 Å². The lowest BCUT2D eigenvalue weighted by molar-refractivity contribution is 0.417. The van der Waals surface area contributed by atoms with Gasteiger partial charge in [0.05, 0.1) is 12.8 Å². The molecule has 0 aliphatic heterocycles. The number of anilines is 1. The van der Waals surface area contributed by atoms with Crippen LogP contribution in [0.4, 0.5) is 10.1 Å². The van der Waals surface area contributed by atoms with Crippen molar-refractivity contribution in [1.29, 1.82) is 0 Å². The largest absolute Gasteiger partial charge is 0.495 e. The summed E-state index contributed by atoms with van der Waals surface area (Å²) in [6.45, 7) is 2.68. The first kappa shape index (κ1) is 16.2. The minimum atomic E-state index is -0.222. The van der Waals surface area contributed by atoms with Gasteiger partial charge in [-0.15, -0.1) is 0 Å². The SMILES string of the molecule is COc1ccc(C)cc1NC(=S)NCCc1ccc(F)cc1. The maximum absolute atomic E-state index is 12.8. The van der Waals surface area contributed by atoms with Gasteiger partial charge < -0.3 is 15.4 Å². The number of rotatable bonds is 5. The van der Waals surface area contributed by atoms with E-state index in [-0.39, 0.29) is 5.82 Å². The first-order valence-electron chi connectivity index (χ1n) is 7.02. The Hall–Kier alpha value is -2.14. The van der Waals surface area contributed by atoms with Gasteiger partial charge in [-0.25, -0.2) is 4.39 Å². The van der Waals surface area contributed by atoms with Gasteiger partial charge in [-0.05, 0) is 61.0 Å². The fourth-order valence-corrected chi connectivity index (χ4v) is 2.27. The second-order valence-electron chi connectivity index (χ2n) is 4.96. The van der Waals surface area contributed by atoms with Gasteiger partial charge in [0.1, 0.15) is 11.6 Å². The summed E-state index contributed by atoms with van der Waals surface area (Å²) >= 11 is 5.29. The molecule has 0 bridgehead atoms. The molecule has 22 heavy (non-hydrogen) atoms. The van der Waals surface area contributed by atoms with Crippen LogP contribution in [0.1, 0.15) is 11.1 Å². The Balaban J connectivity index is 1.85. The van der Waals surface area contributed by atoms with E-state index >= 15 is 0 Å². The highest BCUT2D eigenvalue weighted by Crippen LogP contribution is 2.24. The van der Waals surface area contributed by atoms with E-state index < -0.39 is 0 Å². The molecule has 3 nitrogen and oxygen atoms in total. The Morgan fingerprint density at radius 3 is 2.59 bits per heavy atom. The highest BCUT2D eigenvalue weighted by atomic mass is 32.1. The fourth-order valence-electron chi connectivity index (χ4n) is 2.06. The molecule has 116 valence electrons. The van der Waals surface area contributed by atoms with Crippen LogP contribution in [0.5, 0.6) is 5.75 Å². The predicted octanol–water partition coefficient (Wildman–Crippen LogP) is 3.67. The second kappa shape index (κ2) is 7.75. The van der Waals surface area contributed by atoms with Crippen molar-refractivity contribution in [3.8, 4) is 5.75 Å². The number of nitrogens with one attached hydrogen (secondary N) is 2. The molecule has 0 aromatic heterocycles. The van der Waals surface area contributed by atoms with Gasteiger partial charge in [0.25, 0.3) is 0 Å². The molecule has 0 saturated carbocycles. The summed E-state index contributed by atoms with van der Waals surface area (Å²) in [6, 6.07) is 12.3. The molecular weight excluding hydrogens is 299 g/mol. The van der Waals surface area contributed by atoms with E-state index in [1.54, 1.807) is 19.2 Å². The number of hydrogen-bond acceptors (Lipinski definition) is 2. The van der Waals surface area contributed by atoms with Crippen LogP contribution >= 0.6 is 12.2 Å². The molecule has 2 rings (SSSR count). The number of thiocarbonyl (C=S) groups is 1. The van der Waals surface area contributed by atoms with Gasteiger partial charge in [0, 0.05) is 6.54 Å². The Kier molecular flexibility index (Phi) is 5.72. The molecule has 2 aromatic rings. The van der Waals surface area contributed by atoms with Gasteiger partial charge in [0.2, 0.25) is 0 Å². The number of benzene rings is 2. The standard InChI is InChI=1S/C17H19FN2OS/c1-12-3-8-16(21-2)15(11-12)20-17(22)19-10-9-13-4-6-14(18)7-5-13/h3-8,11H,9-10H2,1-2H3,(H2,19,20,22). The third-order valence-corrected chi connectivity index (χ3v) is 3.46. The molecule has 0 fully saturated rings. The highest BCUT2D eigenvalue weighted by Gasteiger charge is 2.05. The van der Waals surface area contributed by atoms with Crippen LogP contribution in [0.25, 0.3) is 0 Å². The molecule has 0 radical (unpaired) electrons. The average molecular weight is 318 g/mol. The normalized spacial score (nSPS) is 10.1. The number of halogens is 1.